The van der Waals surface area contributed by atoms with Gasteiger partial charge in [0.25, 0.3) is 0 Å². The summed E-state index contributed by atoms with van der Waals surface area (Å²) in [5.74, 6) is 1.04. The molecule has 0 radical (unpaired) electrons. The largest absolute Gasteiger partial charge is 0.496 e. The summed E-state index contributed by atoms with van der Waals surface area (Å²) in [6, 6.07) is 21.1. The molecule has 3 aromatic carbocycles. The van der Waals surface area contributed by atoms with E-state index in [1.807, 2.05) is 24.3 Å². The summed E-state index contributed by atoms with van der Waals surface area (Å²) in [5, 5.41) is -1.40. The number of para-hydroxylation sites is 3. The van der Waals surface area contributed by atoms with Gasteiger partial charge in [0, 0.05) is 30.9 Å². The van der Waals surface area contributed by atoms with Crippen LogP contribution < -0.4 is 13.8 Å². The molecule has 0 spiro atoms. The summed E-state index contributed by atoms with van der Waals surface area (Å²) < 4.78 is 56.3. The Morgan fingerprint density at radius 3 is 1.77 bits per heavy atom. The molecule has 0 aromatic heterocycles. The third-order valence-electron chi connectivity index (χ3n) is 5.04. The molecule has 0 N–H and O–H groups in total. The van der Waals surface area contributed by atoms with Gasteiger partial charge in [-0.25, -0.2) is 4.57 Å². The van der Waals surface area contributed by atoms with Crippen LogP contribution in [0.2, 0.25) is 0 Å². The monoisotopic (exact) mass is 460 g/mol. The highest BCUT2D eigenvalue weighted by molar-refractivity contribution is 7.72. The highest BCUT2D eigenvalue weighted by Crippen LogP contribution is 2.79. The van der Waals surface area contributed by atoms with Crippen LogP contribution in [0.3, 0.4) is 0 Å². The highest BCUT2D eigenvalue weighted by atomic mass is 31.2. The number of benzene rings is 3. The zero-order valence-electron chi connectivity index (χ0n) is 17.3. The van der Waals surface area contributed by atoms with Gasteiger partial charge in [0.15, 0.2) is 0 Å². The second kappa shape index (κ2) is 8.52. The topological polar surface area (TPSA) is 80.3 Å². The van der Waals surface area contributed by atoms with Crippen molar-refractivity contribution in [3.8, 4) is 28.4 Å². The molecule has 31 heavy (non-hydrogen) atoms. The Morgan fingerprint density at radius 1 is 0.774 bits per heavy atom. The lowest BCUT2D eigenvalue weighted by atomic mass is 10.0. The van der Waals surface area contributed by atoms with Crippen LogP contribution in [0.15, 0.2) is 72.8 Å². The quantitative estimate of drug-likeness (QED) is 0.388. The molecular formula is C22H22O7P2. The second-order valence-corrected chi connectivity index (χ2v) is 11.4. The maximum Gasteiger partial charge on any atom is 0.450 e. The zero-order chi connectivity index (χ0) is 22.1. The lowest BCUT2D eigenvalue weighted by molar-refractivity contribution is 0.267. The van der Waals surface area contributed by atoms with Crippen molar-refractivity contribution in [3.05, 3.63) is 78.4 Å². The van der Waals surface area contributed by atoms with E-state index < -0.39 is 20.6 Å². The van der Waals surface area contributed by atoms with Crippen molar-refractivity contribution in [1.29, 1.82) is 0 Å². The maximum atomic E-state index is 14.5. The Kier molecular flexibility index (Phi) is 5.96. The van der Waals surface area contributed by atoms with E-state index >= 15 is 0 Å². The van der Waals surface area contributed by atoms with Gasteiger partial charge in [-0.1, -0.05) is 54.6 Å². The molecule has 9 heteroatoms. The Bertz CT molecular complexity index is 1130. The van der Waals surface area contributed by atoms with Gasteiger partial charge in [0.05, 0.1) is 7.11 Å². The smallest absolute Gasteiger partial charge is 0.450 e. The van der Waals surface area contributed by atoms with Crippen LogP contribution >= 0.6 is 15.2 Å². The van der Waals surface area contributed by atoms with Crippen LogP contribution in [0.4, 0.5) is 0 Å². The molecule has 162 valence electrons. The van der Waals surface area contributed by atoms with Gasteiger partial charge >= 0.3 is 15.2 Å². The van der Waals surface area contributed by atoms with E-state index in [0.717, 1.165) is 0 Å². The standard InChI is InChI=1S/C22H22O7P2/c1-25-19-13-7-6-12-18(19)22(30(23,26-2)27-3)31(24)28-20-14-8-4-10-16(20)17-11-5-9-15-21(17)29-31/h4-15,22H,1-3H3. The van der Waals surface area contributed by atoms with E-state index in [1.54, 1.807) is 48.5 Å². The molecule has 0 aliphatic carbocycles. The first kappa shape index (κ1) is 21.7. The van der Waals surface area contributed by atoms with E-state index in [2.05, 4.69) is 0 Å². The van der Waals surface area contributed by atoms with E-state index in [9.17, 15) is 9.13 Å². The zero-order valence-corrected chi connectivity index (χ0v) is 19.0. The van der Waals surface area contributed by atoms with Crippen molar-refractivity contribution < 1.29 is 32.0 Å². The molecule has 0 bridgehead atoms. The third-order valence-corrected chi connectivity index (χ3v) is 10.4. The van der Waals surface area contributed by atoms with Crippen LogP contribution in [0, 0.1) is 0 Å². The van der Waals surface area contributed by atoms with Crippen molar-refractivity contribution in [3.63, 3.8) is 0 Å². The summed E-state index contributed by atoms with van der Waals surface area (Å²) in [4.78, 5) is 0. The van der Waals surface area contributed by atoms with Gasteiger partial charge in [-0.15, -0.1) is 0 Å². The SMILES string of the molecule is COc1ccccc1C(P(=O)(OC)OC)P1(=O)Oc2ccccc2-c2ccccc2O1. The molecule has 0 saturated heterocycles. The minimum Gasteiger partial charge on any atom is -0.496 e. The van der Waals surface area contributed by atoms with Crippen LogP contribution in [-0.2, 0) is 18.2 Å². The van der Waals surface area contributed by atoms with Gasteiger partial charge in [-0.2, -0.15) is 0 Å². The van der Waals surface area contributed by atoms with Crippen molar-refractivity contribution >= 4 is 15.2 Å². The van der Waals surface area contributed by atoms with E-state index in [4.69, 9.17) is 22.8 Å². The molecule has 1 atom stereocenters. The predicted molar refractivity (Wildman–Crippen MR) is 118 cm³/mol. The number of hydrogen-bond donors (Lipinski definition) is 0. The summed E-state index contributed by atoms with van der Waals surface area (Å²) >= 11 is 0. The van der Waals surface area contributed by atoms with E-state index in [1.165, 1.54) is 21.3 Å². The summed E-state index contributed by atoms with van der Waals surface area (Å²) in [5.41, 5.74) is 1.75. The van der Waals surface area contributed by atoms with E-state index in [0.29, 0.717) is 33.9 Å². The average molecular weight is 460 g/mol. The first-order chi connectivity index (χ1) is 15.0. The van der Waals surface area contributed by atoms with Gasteiger partial charge in [0.2, 0.25) is 5.40 Å². The van der Waals surface area contributed by atoms with E-state index in [-0.39, 0.29) is 0 Å². The molecule has 0 amide bonds. The molecular weight excluding hydrogens is 438 g/mol. The normalized spacial score (nSPS) is 15.5. The fourth-order valence-electron chi connectivity index (χ4n) is 3.60. The summed E-state index contributed by atoms with van der Waals surface area (Å²) in [7, 11) is -4.33. The average Bonchev–Trinajstić information content (AvgIpc) is 2.92. The Labute approximate surface area is 180 Å². The van der Waals surface area contributed by atoms with Crippen LogP contribution in [0.25, 0.3) is 11.1 Å². The third kappa shape index (κ3) is 3.79. The first-order valence-corrected chi connectivity index (χ1v) is 12.7. The number of ether oxygens (including phenoxy) is 1. The van der Waals surface area contributed by atoms with Crippen LogP contribution in [-0.4, -0.2) is 21.3 Å². The fourth-order valence-corrected chi connectivity index (χ4v) is 8.59. The van der Waals surface area contributed by atoms with Crippen molar-refractivity contribution in [2.75, 3.05) is 21.3 Å². The van der Waals surface area contributed by atoms with Crippen molar-refractivity contribution in [2.24, 2.45) is 0 Å². The van der Waals surface area contributed by atoms with Gasteiger partial charge in [-0.05, 0) is 18.2 Å². The minimum atomic E-state index is -4.24. The molecule has 0 fully saturated rings. The fraction of sp³-hybridized carbons (Fsp3) is 0.182. The molecule has 1 aliphatic rings. The summed E-state index contributed by atoms with van der Waals surface area (Å²) in [6.45, 7) is 0. The Morgan fingerprint density at radius 2 is 1.26 bits per heavy atom. The summed E-state index contributed by atoms with van der Waals surface area (Å²) in [6.07, 6.45) is 0. The predicted octanol–water partition coefficient (Wildman–Crippen LogP) is 6.51. The molecule has 3 aromatic rings. The minimum absolute atomic E-state index is 0.331. The molecule has 4 rings (SSSR count). The number of methoxy groups -OCH3 is 1. The van der Waals surface area contributed by atoms with Gasteiger partial charge in [0.1, 0.15) is 17.2 Å². The second-order valence-electron chi connectivity index (χ2n) is 6.74. The van der Waals surface area contributed by atoms with Crippen molar-refractivity contribution in [1.82, 2.24) is 0 Å². The Hall–Kier alpha value is -2.56. The molecule has 1 unspecified atom stereocenters. The van der Waals surface area contributed by atoms with Crippen LogP contribution in [0.5, 0.6) is 17.2 Å². The number of hydrogen-bond acceptors (Lipinski definition) is 7. The number of fused-ring (bicyclic) bond motifs is 3. The van der Waals surface area contributed by atoms with Crippen LogP contribution in [0.1, 0.15) is 11.0 Å². The van der Waals surface area contributed by atoms with Crippen molar-refractivity contribution in [2.45, 2.75) is 5.40 Å². The first-order valence-electron chi connectivity index (χ1n) is 9.47. The number of rotatable bonds is 6. The lowest BCUT2D eigenvalue weighted by Crippen LogP contribution is -2.13. The Balaban J connectivity index is 1.99. The molecule has 0 saturated carbocycles. The van der Waals surface area contributed by atoms with Gasteiger partial charge < -0.3 is 22.8 Å². The maximum absolute atomic E-state index is 14.5. The molecule has 1 aliphatic heterocycles. The van der Waals surface area contributed by atoms with Gasteiger partial charge in [-0.3, -0.25) is 4.57 Å². The lowest BCUT2D eigenvalue weighted by Gasteiger charge is -2.30. The molecule has 7 nitrogen and oxygen atoms in total. The highest BCUT2D eigenvalue weighted by Gasteiger charge is 2.56. The molecule has 1 heterocycles.